The number of benzene rings is 2. The van der Waals surface area contributed by atoms with E-state index in [1.165, 1.54) is 25.1 Å². The van der Waals surface area contributed by atoms with E-state index < -0.39 is 23.5 Å². The zero-order valence-corrected chi connectivity index (χ0v) is 22.2. The van der Waals surface area contributed by atoms with E-state index in [4.69, 9.17) is 18.9 Å². The van der Waals surface area contributed by atoms with E-state index in [0.29, 0.717) is 33.3 Å². The average molecular weight is 538 g/mol. The molecule has 38 heavy (non-hydrogen) atoms. The van der Waals surface area contributed by atoms with Crippen LogP contribution in [0.3, 0.4) is 0 Å². The number of carbonyl (C=O) groups excluding carboxylic acids is 2. The lowest BCUT2D eigenvalue weighted by atomic mass is 10.2. The smallest absolute Gasteiger partial charge is 0.348 e. The molecule has 0 saturated carbocycles. The number of carbonyl (C=O) groups is 2. The molecule has 11 heteroatoms. The Hall–Kier alpha value is -4.38. The predicted molar refractivity (Wildman–Crippen MR) is 144 cm³/mol. The minimum absolute atomic E-state index is 0.0480. The van der Waals surface area contributed by atoms with Crippen molar-refractivity contribution in [2.24, 2.45) is 0 Å². The van der Waals surface area contributed by atoms with E-state index in [9.17, 15) is 14.4 Å². The molecule has 10 nitrogen and oxygen atoms in total. The van der Waals surface area contributed by atoms with Gasteiger partial charge >= 0.3 is 5.97 Å². The summed E-state index contributed by atoms with van der Waals surface area (Å²) in [5.74, 6) is 0.669. The monoisotopic (exact) mass is 537 g/mol. The molecule has 1 unspecified atom stereocenters. The van der Waals surface area contributed by atoms with Crippen molar-refractivity contribution in [2.75, 3.05) is 32.8 Å². The van der Waals surface area contributed by atoms with Crippen molar-refractivity contribution in [2.45, 2.75) is 19.9 Å². The van der Waals surface area contributed by atoms with Crippen molar-refractivity contribution in [3.63, 3.8) is 0 Å². The minimum atomic E-state index is -0.877. The Morgan fingerprint density at radius 3 is 2.50 bits per heavy atom. The molecule has 0 saturated heterocycles. The fourth-order valence-corrected chi connectivity index (χ4v) is 4.80. The zero-order chi connectivity index (χ0) is 27.2. The van der Waals surface area contributed by atoms with E-state index in [1.54, 1.807) is 32.0 Å². The second kappa shape index (κ2) is 11.8. The summed E-state index contributed by atoms with van der Waals surface area (Å²) < 4.78 is 22.6. The number of para-hydroxylation sites is 1. The number of ether oxygens (including phenoxy) is 4. The summed E-state index contributed by atoms with van der Waals surface area (Å²) in [5, 5.41) is 3.05. The Morgan fingerprint density at radius 1 is 1.05 bits per heavy atom. The van der Waals surface area contributed by atoms with Crippen molar-refractivity contribution in [3.05, 3.63) is 75.7 Å². The predicted octanol–water partition coefficient (Wildman–Crippen LogP) is 4.22. The maximum Gasteiger partial charge on any atom is 0.348 e. The van der Waals surface area contributed by atoms with Crippen molar-refractivity contribution in [1.82, 2.24) is 9.55 Å². The van der Waals surface area contributed by atoms with Gasteiger partial charge in [-0.2, -0.15) is 0 Å². The van der Waals surface area contributed by atoms with Crippen LogP contribution in [0.15, 0.2) is 59.7 Å². The number of nitrogens with one attached hydrogen (secondary N) is 1. The van der Waals surface area contributed by atoms with Gasteiger partial charge in [0, 0.05) is 11.8 Å². The highest BCUT2D eigenvalue weighted by Gasteiger charge is 2.24. The lowest BCUT2D eigenvalue weighted by Crippen LogP contribution is -2.31. The maximum absolute atomic E-state index is 13.3. The number of fused-ring (bicyclic) bond motifs is 1. The number of hydrogen-bond acceptors (Lipinski definition) is 9. The van der Waals surface area contributed by atoms with Gasteiger partial charge in [-0.1, -0.05) is 18.2 Å². The molecule has 0 radical (unpaired) electrons. The summed E-state index contributed by atoms with van der Waals surface area (Å²) in [6.45, 7) is 3.50. The van der Waals surface area contributed by atoms with Crippen LogP contribution in [0.2, 0.25) is 0 Å². The number of rotatable bonds is 10. The van der Waals surface area contributed by atoms with Gasteiger partial charge in [0.2, 0.25) is 5.91 Å². The first-order valence-electron chi connectivity index (χ1n) is 11.7. The van der Waals surface area contributed by atoms with Gasteiger partial charge in [0.25, 0.3) is 5.56 Å². The molecule has 0 fully saturated rings. The van der Waals surface area contributed by atoms with Crippen molar-refractivity contribution in [1.29, 1.82) is 0 Å². The molecule has 0 aliphatic heterocycles. The Morgan fingerprint density at radius 2 is 1.79 bits per heavy atom. The van der Waals surface area contributed by atoms with Crippen molar-refractivity contribution in [3.8, 4) is 17.2 Å². The molecule has 0 spiro atoms. The summed E-state index contributed by atoms with van der Waals surface area (Å²) in [5.41, 5.74) is 0.512. The molecule has 0 aliphatic rings. The van der Waals surface area contributed by atoms with Crippen LogP contribution in [-0.2, 0) is 9.53 Å². The van der Waals surface area contributed by atoms with Gasteiger partial charge in [0.15, 0.2) is 11.5 Å². The molecular formula is C27H27N3O7S. The zero-order valence-electron chi connectivity index (χ0n) is 21.3. The van der Waals surface area contributed by atoms with Crippen LogP contribution in [-0.4, -0.2) is 48.9 Å². The molecule has 1 N–H and O–H groups in total. The summed E-state index contributed by atoms with van der Waals surface area (Å²) >= 11 is 1.07. The van der Waals surface area contributed by atoms with E-state index in [-0.39, 0.29) is 23.5 Å². The van der Waals surface area contributed by atoms with Crippen LogP contribution in [0, 0.1) is 6.92 Å². The Labute approximate surface area is 222 Å². The molecule has 1 amide bonds. The van der Waals surface area contributed by atoms with E-state index >= 15 is 0 Å². The third-order valence-electron chi connectivity index (χ3n) is 5.84. The number of nitrogens with zero attached hydrogens (tertiary/aromatic N) is 2. The van der Waals surface area contributed by atoms with Crippen LogP contribution in [0.5, 0.6) is 17.2 Å². The topological polar surface area (TPSA) is 118 Å². The van der Waals surface area contributed by atoms with Gasteiger partial charge < -0.3 is 24.3 Å². The van der Waals surface area contributed by atoms with Crippen LogP contribution >= 0.6 is 11.3 Å². The Bertz CT molecular complexity index is 1510. The highest BCUT2D eigenvalue weighted by atomic mass is 32.1. The van der Waals surface area contributed by atoms with Gasteiger partial charge in [-0.05, 0) is 43.7 Å². The molecule has 198 valence electrons. The van der Waals surface area contributed by atoms with Gasteiger partial charge in [-0.15, -0.1) is 11.3 Å². The van der Waals surface area contributed by atoms with E-state index in [1.807, 2.05) is 30.3 Å². The molecule has 2 aromatic carbocycles. The van der Waals surface area contributed by atoms with Crippen LogP contribution in [0.1, 0.15) is 28.2 Å². The van der Waals surface area contributed by atoms with Crippen molar-refractivity contribution < 1.29 is 28.5 Å². The second-order valence-electron chi connectivity index (χ2n) is 8.23. The lowest BCUT2D eigenvalue weighted by Gasteiger charge is -2.16. The molecule has 1 atom stereocenters. The molecule has 2 heterocycles. The van der Waals surface area contributed by atoms with Crippen LogP contribution in [0.25, 0.3) is 10.2 Å². The quantitative estimate of drug-likeness (QED) is 0.236. The number of aryl methyl sites for hydroxylation is 1. The standard InChI is InChI=1S/C27H27N3O7S/c1-16-22-25(38-23(16)27(33)37-13-12-36-19-8-6-5-7-9-19)28-15-30(26(22)32)17(2)24(31)29-18-10-11-20(34-3)21(14-18)35-4/h5-11,14-15,17H,12-13H2,1-4H3,(H,29,31). The molecule has 2 aromatic heterocycles. The number of hydrogen-bond donors (Lipinski definition) is 1. The minimum Gasteiger partial charge on any atom is -0.493 e. The number of aromatic nitrogens is 2. The second-order valence-corrected chi connectivity index (χ2v) is 9.22. The first kappa shape index (κ1) is 26.7. The summed E-state index contributed by atoms with van der Waals surface area (Å²) in [6.07, 6.45) is 1.31. The number of esters is 1. The highest BCUT2D eigenvalue weighted by Crippen LogP contribution is 2.30. The largest absolute Gasteiger partial charge is 0.493 e. The van der Waals surface area contributed by atoms with Crippen molar-refractivity contribution >= 4 is 39.1 Å². The summed E-state index contributed by atoms with van der Waals surface area (Å²) in [6, 6.07) is 13.3. The highest BCUT2D eigenvalue weighted by molar-refractivity contribution is 7.20. The third kappa shape index (κ3) is 5.62. The van der Waals surface area contributed by atoms with Crippen LogP contribution < -0.4 is 25.1 Å². The SMILES string of the molecule is COc1ccc(NC(=O)C(C)n2cnc3sc(C(=O)OCCOc4ccccc4)c(C)c3c2=O)cc1OC. The molecular weight excluding hydrogens is 510 g/mol. The Kier molecular flexibility index (Phi) is 8.27. The fraction of sp³-hybridized carbons (Fsp3) is 0.259. The fourth-order valence-electron chi connectivity index (χ4n) is 3.77. The van der Waals surface area contributed by atoms with Crippen LogP contribution in [0.4, 0.5) is 5.69 Å². The number of methoxy groups -OCH3 is 2. The van der Waals surface area contributed by atoms with Gasteiger partial charge in [-0.3, -0.25) is 14.2 Å². The number of thiophene rings is 1. The third-order valence-corrected chi connectivity index (χ3v) is 7.02. The molecule has 4 aromatic rings. The van der Waals surface area contributed by atoms with E-state index in [0.717, 1.165) is 11.3 Å². The van der Waals surface area contributed by atoms with E-state index in [2.05, 4.69) is 10.3 Å². The summed E-state index contributed by atoms with van der Waals surface area (Å²) in [4.78, 5) is 44.0. The molecule has 4 rings (SSSR count). The molecule has 0 aliphatic carbocycles. The van der Waals surface area contributed by atoms with Gasteiger partial charge in [0.05, 0.1) is 25.9 Å². The first-order chi connectivity index (χ1) is 18.3. The molecule has 0 bridgehead atoms. The lowest BCUT2D eigenvalue weighted by molar-refractivity contribution is -0.118. The normalized spacial score (nSPS) is 11.6. The Balaban J connectivity index is 1.47. The average Bonchev–Trinajstić information content (AvgIpc) is 3.28. The maximum atomic E-state index is 13.3. The summed E-state index contributed by atoms with van der Waals surface area (Å²) in [7, 11) is 3.02. The first-order valence-corrected chi connectivity index (χ1v) is 12.5. The van der Waals surface area contributed by atoms with Gasteiger partial charge in [-0.25, -0.2) is 9.78 Å². The number of amides is 1. The number of anilines is 1. The van der Waals surface area contributed by atoms with Gasteiger partial charge in [0.1, 0.15) is 34.7 Å².